The molecule has 0 atom stereocenters. The number of hydrogen-bond acceptors (Lipinski definition) is 2. The zero-order valence-electron chi connectivity index (χ0n) is 12.4. The number of aromatic amines is 1. The third-order valence-electron chi connectivity index (χ3n) is 4.72. The van der Waals surface area contributed by atoms with Crippen LogP contribution in [0.15, 0.2) is 36.4 Å². The number of piperidine rings is 1. The normalized spacial score (nSPS) is 16.6. The summed E-state index contributed by atoms with van der Waals surface area (Å²) in [6, 6.07) is 13.5. The molecule has 3 N–H and O–H groups in total. The van der Waals surface area contributed by atoms with E-state index in [0.717, 1.165) is 18.8 Å². The van der Waals surface area contributed by atoms with E-state index in [1.165, 1.54) is 40.2 Å². The quantitative estimate of drug-likeness (QED) is 0.667. The summed E-state index contributed by atoms with van der Waals surface area (Å²) < 4.78 is 0. The Morgan fingerprint density at radius 3 is 2.62 bits per heavy atom. The summed E-state index contributed by atoms with van der Waals surface area (Å²) in [5, 5.41) is 9.32. The van der Waals surface area contributed by atoms with Crippen LogP contribution in [0, 0.1) is 0 Å². The highest BCUT2D eigenvalue weighted by Gasteiger charge is 2.16. The minimum absolute atomic E-state index is 0.706. The van der Waals surface area contributed by atoms with Crippen LogP contribution in [0.4, 0.5) is 5.69 Å². The molecule has 0 aliphatic carbocycles. The first-order chi connectivity index (χ1) is 10.3. The highest BCUT2D eigenvalue weighted by atomic mass is 14.9. The third-order valence-corrected chi connectivity index (χ3v) is 4.72. The zero-order valence-corrected chi connectivity index (χ0v) is 12.4. The average molecular weight is 279 g/mol. The molecule has 0 amide bonds. The summed E-state index contributed by atoms with van der Waals surface area (Å²) in [6.07, 6.45) is 2.50. The van der Waals surface area contributed by atoms with Crippen molar-refractivity contribution in [3.05, 3.63) is 42.0 Å². The van der Waals surface area contributed by atoms with Gasteiger partial charge in [0.2, 0.25) is 0 Å². The van der Waals surface area contributed by atoms with Crippen molar-refractivity contribution in [2.75, 3.05) is 25.5 Å². The molecule has 0 radical (unpaired) electrons. The first kappa shape index (κ1) is 12.7. The molecule has 1 aromatic heterocycles. The van der Waals surface area contributed by atoms with E-state index in [1.807, 2.05) is 7.05 Å². The minimum atomic E-state index is 0.706. The van der Waals surface area contributed by atoms with Crippen molar-refractivity contribution in [1.82, 2.24) is 10.3 Å². The van der Waals surface area contributed by atoms with Crippen LogP contribution in [-0.2, 0) is 0 Å². The SMILES string of the molecule is CNc1ccc2c(c1)[nH]c1ccc(C3CCNCC3)cc12. The highest BCUT2D eigenvalue weighted by Crippen LogP contribution is 2.32. The van der Waals surface area contributed by atoms with E-state index < -0.39 is 0 Å². The molecule has 0 spiro atoms. The molecule has 1 fully saturated rings. The standard InChI is InChI=1S/C18H21N3/c1-19-14-3-4-15-16-10-13(12-6-8-20-9-7-12)2-5-17(16)21-18(15)11-14/h2-5,10-12,19-21H,6-9H2,1H3. The van der Waals surface area contributed by atoms with E-state index >= 15 is 0 Å². The maximum atomic E-state index is 3.53. The van der Waals surface area contributed by atoms with E-state index in [-0.39, 0.29) is 0 Å². The molecule has 3 nitrogen and oxygen atoms in total. The van der Waals surface area contributed by atoms with Crippen LogP contribution in [-0.4, -0.2) is 25.1 Å². The Morgan fingerprint density at radius 1 is 0.952 bits per heavy atom. The number of aromatic nitrogens is 1. The summed E-state index contributed by atoms with van der Waals surface area (Å²) in [5.41, 5.74) is 5.07. The van der Waals surface area contributed by atoms with Gasteiger partial charge in [-0.2, -0.15) is 0 Å². The molecule has 4 rings (SSSR count). The fourth-order valence-corrected chi connectivity index (χ4v) is 3.49. The van der Waals surface area contributed by atoms with Crippen molar-refractivity contribution in [2.24, 2.45) is 0 Å². The first-order valence-electron chi connectivity index (χ1n) is 7.79. The van der Waals surface area contributed by atoms with Crippen molar-refractivity contribution in [1.29, 1.82) is 0 Å². The number of benzene rings is 2. The van der Waals surface area contributed by atoms with Gasteiger partial charge in [-0.25, -0.2) is 0 Å². The van der Waals surface area contributed by atoms with Gasteiger partial charge in [0.05, 0.1) is 0 Å². The van der Waals surface area contributed by atoms with Crippen molar-refractivity contribution < 1.29 is 0 Å². The van der Waals surface area contributed by atoms with Crippen LogP contribution in [0.5, 0.6) is 0 Å². The Hall–Kier alpha value is -2.00. The van der Waals surface area contributed by atoms with Gasteiger partial charge < -0.3 is 15.6 Å². The van der Waals surface area contributed by atoms with E-state index in [1.54, 1.807) is 0 Å². The van der Waals surface area contributed by atoms with Crippen molar-refractivity contribution >= 4 is 27.5 Å². The van der Waals surface area contributed by atoms with Gasteiger partial charge >= 0.3 is 0 Å². The third kappa shape index (κ3) is 2.18. The van der Waals surface area contributed by atoms with Crippen LogP contribution >= 0.6 is 0 Å². The minimum Gasteiger partial charge on any atom is -0.388 e. The molecular formula is C18H21N3. The maximum absolute atomic E-state index is 3.53. The molecule has 21 heavy (non-hydrogen) atoms. The second kappa shape index (κ2) is 5.08. The average Bonchev–Trinajstić information content (AvgIpc) is 2.92. The van der Waals surface area contributed by atoms with Gasteiger partial charge in [-0.3, -0.25) is 0 Å². The zero-order chi connectivity index (χ0) is 14.2. The molecule has 0 unspecified atom stereocenters. The lowest BCUT2D eigenvalue weighted by molar-refractivity contribution is 0.460. The summed E-state index contributed by atoms with van der Waals surface area (Å²) in [6.45, 7) is 2.28. The van der Waals surface area contributed by atoms with Crippen LogP contribution < -0.4 is 10.6 Å². The fraction of sp³-hybridized carbons (Fsp3) is 0.333. The lowest BCUT2D eigenvalue weighted by atomic mass is 9.89. The molecule has 3 aromatic rings. The fourth-order valence-electron chi connectivity index (χ4n) is 3.49. The Morgan fingerprint density at radius 2 is 1.81 bits per heavy atom. The lowest BCUT2D eigenvalue weighted by Gasteiger charge is -2.23. The summed E-state index contributed by atoms with van der Waals surface area (Å²) in [4.78, 5) is 3.53. The summed E-state index contributed by atoms with van der Waals surface area (Å²) in [5.74, 6) is 0.706. The molecule has 2 heterocycles. The van der Waals surface area contributed by atoms with Crippen LogP contribution in [0.25, 0.3) is 21.8 Å². The molecular weight excluding hydrogens is 258 g/mol. The van der Waals surface area contributed by atoms with Gasteiger partial charge in [0.15, 0.2) is 0 Å². The van der Waals surface area contributed by atoms with Gasteiger partial charge in [0.1, 0.15) is 0 Å². The van der Waals surface area contributed by atoms with Gasteiger partial charge in [-0.1, -0.05) is 12.1 Å². The number of anilines is 1. The Kier molecular flexibility index (Phi) is 3.08. The Bertz CT molecular complexity index is 782. The largest absolute Gasteiger partial charge is 0.388 e. The van der Waals surface area contributed by atoms with E-state index in [0.29, 0.717) is 5.92 Å². The molecule has 0 saturated carbocycles. The predicted octanol–water partition coefficient (Wildman–Crippen LogP) is 3.83. The van der Waals surface area contributed by atoms with Gasteiger partial charge in [-0.15, -0.1) is 0 Å². The van der Waals surface area contributed by atoms with Crippen LogP contribution in [0.1, 0.15) is 24.3 Å². The highest BCUT2D eigenvalue weighted by molar-refractivity contribution is 6.08. The second-order valence-electron chi connectivity index (χ2n) is 5.96. The number of fused-ring (bicyclic) bond motifs is 3. The van der Waals surface area contributed by atoms with Crippen molar-refractivity contribution in [3.63, 3.8) is 0 Å². The number of nitrogens with one attached hydrogen (secondary N) is 3. The molecule has 108 valence electrons. The Labute approximate surface area is 124 Å². The molecule has 1 saturated heterocycles. The number of hydrogen-bond donors (Lipinski definition) is 3. The van der Waals surface area contributed by atoms with Gasteiger partial charge in [0, 0.05) is 34.5 Å². The van der Waals surface area contributed by atoms with Crippen molar-refractivity contribution in [3.8, 4) is 0 Å². The molecule has 3 heteroatoms. The van der Waals surface area contributed by atoms with E-state index in [2.05, 4.69) is 52.0 Å². The molecule has 1 aliphatic rings. The van der Waals surface area contributed by atoms with Crippen LogP contribution in [0.3, 0.4) is 0 Å². The van der Waals surface area contributed by atoms with Gasteiger partial charge in [-0.05, 0) is 61.7 Å². The van der Waals surface area contributed by atoms with E-state index in [4.69, 9.17) is 0 Å². The van der Waals surface area contributed by atoms with E-state index in [9.17, 15) is 0 Å². The molecule has 1 aliphatic heterocycles. The predicted molar refractivity (Wildman–Crippen MR) is 90.2 cm³/mol. The lowest BCUT2D eigenvalue weighted by Crippen LogP contribution is -2.26. The number of H-pyrrole nitrogens is 1. The number of rotatable bonds is 2. The summed E-state index contributed by atoms with van der Waals surface area (Å²) >= 11 is 0. The smallest absolute Gasteiger partial charge is 0.0485 e. The topological polar surface area (TPSA) is 39.9 Å². The Balaban J connectivity index is 1.83. The first-order valence-corrected chi connectivity index (χ1v) is 7.79. The van der Waals surface area contributed by atoms with Gasteiger partial charge in [0.25, 0.3) is 0 Å². The van der Waals surface area contributed by atoms with Crippen LogP contribution in [0.2, 0.25) is 0 Å². The second-order valence-corrected chi connectivity index (χ2v) is 5.96. The maximum Gasteiger partial charge on any atom is 0.0485 e. The van der Waals surface area contributed by atoms with Crippen molar-refractivity contribution in [2.45, 2.75) is 18.8 Å². The molecule has 0 bridgehead atoms. The monoisotopic (exact) mass is 279 g/mol. The molecule has 2 aromatic carbocycles. The summed E-state index contributed by atoms with van der Waals surface area (Å²) in [7, 11) is 1.96.